The lowest BCUT2D eigenvalue weighted by atomic mass is 10.0. The summed E-state index contributed by atoms with van der Waals surface area (Å²) < 4.78 is 5.36. The summed E-state index contributed by atoms with van der Waals surface area (Å²) in [6.07, 6.45) is 4.66. The van der Waals surface area contributed by atoms with Crippen LogP contribution in [0, 0.1) is 5.92 Å². The molecule has 4 heteroatoms. The molecule has 3 N–H and O–H groups in total. The van der Waals surface area contributed by atoms with Gasteiger partial charge in [0.1, 0.15) is 0 Å². The van der Waals surface area contributed by atoms with Crippen LogP contribution < -0.4 is 11.1 Å². The van der Waals surface area contributed by atoms with E-state index in [1.807, 2.05) is 0 Å². The Bertz CT molecular complexity index is 203. The number of ether oxygens (including phenoxy) is 1. The van der Waals surface area contributed by atoms with E-state index in [1.54, 1.807) is 0 Å². The molecular weight excluding hydrogens is 204 g/mol. The Kier molecular flexibility index (Phi) is 6.42. The Hall–Kier alpha value is -0.610. The van der Waals surface area contributed by atoms with E-state index in [4.69, 9.17) is 10.5 Å². The Morgan fingerprint density at radius 2 is 2.44 bits per heavy atom. The van der Waals surface area contributed by atoms with Crippen LogP contribution in [-0.2, 0) is 9.53 Å². The number of rotatable bonds is 6. The van der Waals surface area contributed by atoms with E-state index in [0.29, 0.717) is 12.3 Å². The van der Waals surface area contributed by atoms with Crippen molar-refractivity contribution in [3.8, 4) is 0 Å². The lowest BCUT2D eigenvalue weighted by Crippen LogP contribution is -2.36. The van der Waals surface area contributed by atoms with Gasteiger partial charge in [-0.2, -0.15) is 0 Å². The molecule has 2 unspecified atom stereocenters. The molecule has 0 spiro atoms. The molecule has 1 rings (SSSR count). The molecule has 1 saturated heterocycles. The van der Waals surface area contributed by atoms with Gasteiger partial charge in [-0.1, -0.05) is 13.3 Å². The van der Waals surface area contributed by atoms with Crippen molar-refractivity contribution in [2.24, 2.45) is 11.7 Å². The first kappa shape index (κ1) is 13.5. The van der Waals surface area contributed by atoms with Crippen molar-refractivity contribution in [2.75, 3.05) is 19.8 Å². The van der Waals surface area contributed by atoms with Crippen molar-refractivity contribution in [2.45, 2.75) is 45.1 Å². The van der Waals surface area contributed by atoms with E-state index >= 15 is 0 Å². The van der Waals surface area contributed by atoms with E-state index < -0.39 is 0 Å². The second kappa shape index (κ2) is 7.63. The van der Waals surface area contributed by atoms with Gasteiger partial charge in [0.25, 0.3) is 0 Å². The van der Waals surface area contributed by atoms with Crippen molar-refractivity contribution in [1.82, 2.24) is 5.32 Å². The summed E-state index contributed by atoms with van der Waals surface area (Å²) in [6, 6.07) is 0.00704. The fourth-order valence-corrected chi connectivity index (χ4v) is 2.01. The molecule has 1 aliphatic rings. The van der Waals surface area contributed by atoms with Crippen molar-refractivity contribution in [3.63, 3.8) is 0 Å². The summed E-state index contributed by atoms with van der Waals surface area (Å²) in [5, 5.41) is 2.94. The second-order valence-corrected chi connectivity index (χ2v) is 4.64. The van der Waals surface area contributed by atoms with Gasteiger partial charge in [-0.3, -0.25) is 4.79 Å². The van der Waals surface area contributed by atoms with E-state index in [0.717, 1.165) is 45.4 Å². The SMILES string of the molecule is CCCC(N)CC(=O)NCC1CCCOC1. The van der Waals surface area contributed by atoms with Gasteiger partial charge in [0.05, 0.1) is 6.61 Å². The number of hydrogen-bond acceptors (Lipinski definition) is 3. The summed E-state index contributed by atoms with van der Waals surface area (Å²) in [5.74, 6) is 0.562. The average Bonchev–Trinajstić information content (AvgIpc) is 2.28. The normalized spacial score (nSPS) is 22.8. The maximum Gasteiger partial charge on any atom is 0.221 e. The minimum Gasteiger partial charge on any atom is -0.381 e. The van der Waals surface area contributed by atoms with Gasteiger partial charge >= 0.3 is 0 Å². The predicted octanol–water partition coefficient (Wildman–Crippen LogP) is 1.05. The lowest BCUT2D eigenvalue weighted by Gasteiger charge is -2.22. The number of nitrogens with one attached hydrogen (secondary N) is 1. The molecule has 94 valence electrons. The zero-order valence-corrected chi connectivity index (χ0v) is 10.2. The van der Waals surface area contributed by atoms with Crippen LogP contribution in [-0.4, -0.2) is 31.7 Å². The molecule has 4 nitrogen and oxygen atoms in total. The highest BCUT2D eigenvalue weighted by molar-refractivity contribution is 5.76. The van der Waals surface area contributed by atoms with E-state index in [2.05, 4.69) is 12.2 Å². The lowest BCUT2D eigenvalue weighted by molar-refractivity contribution is -0.121. The Morgan fingerprint density at radius 1 is 1.62 bits per heavy atom. The highest BCUT2D eigenvalue weighted by atomic mass is 16.5. The molecule has 1 aliphatic heterocycles. The van der Waals surface area contributed by atoms with E-state index in [1.165, 1.54) is 0 Å². The van der Waals surface area contributed by atoms with Crippen molar-refractivity contribution in [1.29, 1.82) is 0 Å². The molecule has 1 amide bonds. The minimum absolute atomic E-state index is 0.00704. The topological polar surface area (TPSA) is 64.4 Å². The molecule has 0 aromatic heterocycles. The van der Waals surface area contributed by atoms with Gasteiger partial charge in [0, 0.05) is 25.6 Å². The summed E-state index contributed by atoms with van der Waals surface area (Å²) in [7, 11) is 0. The van der Waals surface area contributed by atoms with E-state index in [9.17, 15) is 4.79 Å². The van der Waals surface area contributed by atoms with Crippen LogP contribution in [0.3, 0.4) is 0 Å². The Labute approximate surface area is 97.9 Å². The maximum absolute atomic E-state index is 11.5. The third kappa shape index (κ3) is 5.47. The monoisotopic (exact) mass is 228 g/mol. The maximum atomic E-state index is 11.5. The summed E-state index contributed by atoms with van der Waals surface area (Å²) in [5.41, 5.74) is 5.81. The molecule has 0 aliphatic carbocycles. The first-order valence-electron chi connectivity index (χ1n) is 6.32. The fourth-order valence-electron chi connectivity index (χ4n) is 2.01. The third-order valence-electron chi connectivity index (χ3n) is 2.95. The first-order chi connectivity index (χ1) is 7.72. The largest absolute Gasteiger partial charge is 0.381 e. The van der Waals surface area contributed by atoms with Crippen molar-refractivity contribution < 1.29 is 9.53 Å². The predicted molar refractivity (Wildman–Crippen MR) is 64.1 cm³/mol. The van der Waals surface area contributed by atoms with Crippen molar-refractivity contribution >= 4 is 5.91 Å². The molecule has 1 heterocycles. The van der Waals surface area contributed by atoms with Crippen LogP contribution in [0.2, 0.25) is 0 Å². The Morgan fingerprint density at radius 3 is 3.06 bits per heavy atom. The van der Waals surface area contributed by atoms with E-state index in [-0.39, 0.29) is 11.9 Å². The molecule has 1 fully saturated rings. The highest BCUT2D eigenvalue weighted by Gasteiger charge is 2.15. The molecular formula is C12H24N2O2. The number of carbonyl (C=O) groups excluding carboxylic acids is 1. The van der Waals surface area contributed by atoms with Crippen LogP contribution in [0.4, 0.5) is 0 Å². The number of nitrogens with two attached hydrogens (primary N) is 1. The molecule has 0 radical (unpaired) electrons. The van der Waals surface area contributed by atoms with Gasteiger partial charge in [-0.15, -0.1) is 0 Å². The quantitative estimate of drug-likeness (QED) is 0.714. The average molecular weight is 228 g/mol. The Balaban J connectivity index is 2.09. The van der Waals surface area contributed by atoms with Crippen LogP contribution in [0.15, 0.2) is 0 Å². The highest BCUT2D eigenvalue weighted by Crippen LogP contribution is 2.12. The molecule has 0 aromatic carbocycles. The van der Waals surface area contributed by atoms with Gasteiger partial charge < -0.3 is 15.8 Å². The van der Waals surface area contributed by atoms with Crippen molar-refractivity contribution in [3.05, 3.63) is 0 Å². The second-order valence-electron chi connectivity index (χ2n) is 4.64. The third-order valence-corrected chi connectivity index (χ3v) is 2.95. The van der Waals surface area contributed by atoms with Gasteiger partial charge in [-0.25, -0.2) is 0 Å². The van der Waals surface area contributed by atoms with Crippen LogP contribution in [0.1, 0.15) is 39.0 Å². The molecule has 2 atom stereocenters. The number of hydrogen-bond donors (Lipinski definition) is 2. The first-order valence-corrected chi connectivity index (χ1v) is 6.32. The number of amides is 1. The minimum atomic E-state index is 0.00704. The van der Waals surface area contributed by atoms with Crippen LogP contribution in [0.25, 0.3) is 0 Å². The zero-order chi connectivity index (χ0) is 11.8. The molecule has 0 saturated carbocycles. The van der Waals surface area contributed by atoms with Gasteiger partial charge in [0.2, 0.25) is 5.91 Å². The van der Waals surface area contributed by atoms with Gasteiger partial charge in [-0.05, 0) is 25.2 Å². The molecule has 0 bridgehead atoms. The van der Waals surface area contributed by atoms with Crippen LogP contribution in [0.5, 0.6) is 0 Å². The summed E-state index contributed by atoms with van der Waals surface area (Å²) in [4.78, 5) is 11.5. The van der Waals surface area contributed by atoms with Crippen LogP contribution >= 0.6 is 0 Å². The smallest absolute Gasteiger partial charge is 0.221 e. The fraction of sp³-hybridized carbons (Fsp3) is 0.917. The summed E-state index contributed by atoms with van der Waals surface area (Å²) >= 11 is 0. The standard InChI is InChI=1S/C12H24N2O2/c1-2-4-11(13)7-12(15)14-8-10-5-3-6-16-9-10/h10-11H,2-9,13H2,1H3,(H,14,15). The molecule has 0 aromatic rings. The zero-order valence-electron chi connectivity index (χ0n) is 10.2. The molecule has 16 heavy (non-hydrogen) atoms. The van der Waals surface area contributed by atoms with Gasteiger partial charge in [0.15, 0.2) is 0 Å². The summed E-state index contributed by atoms with van der Waals surface area (Å²) in [6.45, 7) is 4.46. The number of carbonyl (C=O) groups is 1.